The Kier molecular flexibility index (Phi) is 5.35. The lowest BCUT2D eigenvalue weighted by Gasteiger charge is -2.25. The maximum atomic E-state index is 6.31. The van der Waals surface area contributed by atoms with Crippen molar-refractivity contribution in [1.82, 2.24) is 9.97 Å². The van der Waals surface area contributed by atoms with Crippen LogP contribution in [-0.2, 0) is 0 Å². The third-order valence-corrected chi connectivity index (χ3v) is 5.03. The van der Waals surface area contributed by atoms with Crippen LogP contribution in [0.15, 0.2) is 6.33 Å². The quantitative estimate of drug-likeness (QED) is 0.735. The molecule has 0 aromatic carbocycles. The molecule has 1 heterocycles. The molecule has 0 radical (unpaired) electrons. The number of nitrogen functional groups attached to an aromatic ring is 1. The molecule has 0 spiro atoms. The van der Waals surface area contributed by atoms with Gasteiger partial charge in [-0.3, -0.25) is 0 Å². The number of nitrogens with one attached hydrogen (secondary N) is 2. The molecule has 2 fully saturated rings. The van der Waals surface area contributed by atoms with E-state index in [4.69, 9.17) is 5.73 Å². The van der Waals surface area contributed by atoms with Crippen LogP contribution in [0.1, 0.15) is 70.6 Å². The van der Waals surface area contributed by atoms with Crippen LogP contribution in [0.2, 0.25) is 0 Å². The first-order valence-electron chi connectivity index (χ1n) is 8.96. The van der Waals surface area contributed by atoms with Gasteiger partial charge in [0.25, 0.3) is 0 Å². The number of hydrogen-bond donors (Lipinski definition) is 3. The minimum atomic E-state index is 0.502. The molecule has 0 aliphatic heterocycles. The maximum absolute atomic E-state index is 6.31. The molecule has 0 saturated heterocycles. The highest BCUT2D eigenvalue weighted by Gasteiger charge is 2.18. The standard InChI is InChI=1S/C17H29N5/c18-15-16(21-13-8-4-1-2-5-9-13)19-12-20-17(15)22-14-10-6-3-7-11-14/h12-14H,1-11,18H2,(H2,19,20,21,22). The van der Waals surface area contributed by atoms with Gasteiger partial charge >= 0.3 is 0 Å². The Morgan fingerprint density at radius 2 is 1.14 bits per heavy atom. The first-order valence-corrected chi connectivity index (χ1v) is 8.96. The molecule has 22 heavy (non-hydrogen) atoms. The molecule has 2 aliphatic carbocycles. The van der Waals surface area contributed by atoms with Crippen LogP contribution < -0.4 is 16.4 Å². The van der Waals surface area contributed by atoms with Gasteiger partial charge in [0.1, 0.15) is 12.0 Å². The highest BCUT2D eigenvalue weighted by atomic mass is 15.1. The first-order chi connectivity index (χ1) is 10.8. The van der Waals surface area contributed by atoms with Crippen LogP contribution in [0.5, 0.6) is 0 Å². The van der Waals surface area contributed by atoms with Crippen LogP contribution in [-0.4, -0.2) is 22.1 Å². The lowest BCUT2D eigenvalue weighted by Crippen LogP contribution is -2.25. The second kappa shape index (κ2) is 7.65. The molecule has 3 rings (SSSR count). The molecule has 2 saturated carbocycles. The molecular formula is C17H29N5. The van der Waals surface area contributed by atoms with Crippen LogP contribution in [0, 0.1) is 0 Å². The number of nitrogens with zero attached hydrogens (tertiary/aromatic N) is 2. The Morgan fingerprint density at radius 1 is 0.727 bits per heavy atom. The summed E-state index contributed by atoms with van der Waals surface area (Å²) < 4.78 is 0. The lowest BCUT2D eigenvalue weighted by atomic mass is 9.95. The van der Waals surface area contributed by atoms with E-state index in [9.17, 15) is 0 Å². The fourth-order valence-electron chi connectivity index (χ4n) is 3.68. The number of hydrogen-bond acceptors (Lipinski definition) is 5. The van der Waals surface area contributed by atoms with Crippen LogP contribution in [0.25, 0.3) is 0 Å². The van der Waals surface area contributed by atoms with Crippen LogP contribution in [0.4, 0.5) is 17.3 Å². The Hall–Kier alpha value is -1.52. The molecule has 122 valence electrons. The molecular weight excluding hydrogens is 274 g/mol. The summed E-state index contributed by atoms with van der Waals surface area (Å²) in [6.45, 7) is 0. The summed E-state index contributed by atoms with van der Waals surface area (Å²) in [6, 6.07) is 1.01. The minimum Gasteiger partial charge on any atom is -0.393 e. The zero-order valence-electron chi connectivity index (χ0n) is 13.5. The van der Waals surface area contributed by atoms with E-state index < -0.39 is 0 Å². The summed E-state index contributed by atoms with van der Waals surface area (Å²) in [5.41, 5.74) is 6.98. The Balaban J connectivity index is 1.65. The van der Waals surface area contributed by atoms with Gasteiger partial charge in [-0.05, 0) is 25.7 Å². The zero-order chi connectivity index (χ0) is 15.2. The third-order valence-electron chi connectivity index (χ3n) is 5.03. The van der Waals surface area contributed by atoms with E-state index in [1.807, 2.05) is 0 Å². The highest BCUT2D eigenvalue weighted by molar-refractivity contribution is 5.74. The molecule has 0 unspecified atom stereocenters. The maximum Gasteiger partial charge on any atom is 0.155 e. The summed E-state index contributed by atoms with van der Waals surface area (Å²) in [5, 5.41) is 7.07. The second-order valence-corrected chi connectivity index (χ2v) is 6.80. The molecule has 0 amide bonds. The van der Waals surface area contributed by atoms with E-state index in [1.165, 1.54) is 70.6 Å². The van der Waals surface area contributed by atoms with Crippen molar-refractivity contribution in [3.05, 3.63) is 6.33 Å². The van der Waals surface area contributed by atoms with Gasteiger partial charge in [-0.2, -0.15) is 0 Å². The van der Waals surface area contributed by atoms with Crippen molar-refractivity contribution in [2.45, 2.75) is 82.7 Å². The first kappa shape index (κ1) is 15.4. The predicted molar refractivity (Wildman–Crippen MR) is 92.1 cm³/mol. The van der Waals surface area contributed by atoms with Crippen LogP contribution >= 0.6 is 0 Å². The summed E-state index contributed by atoms with van der Waals surface area (Å²) in [7, 11) is 0. The van der Waals surface area contributed by atoms with Gasteiger partial charge in [0, 0.05) is 12.1 Å². The van der Waals surface area contributed by atoms with Gasteiger partial charge in [0.2, 0.25) is 0 Å². The van der Waals surface area contributed by atoms with Crippen molar-refractivity contribution in [2.75, 3.05) is 16.4 Å². The molecule has 5 nitrogen and oxygen atoms in total. The van der Waals surface area contributed by atoms with E-state index in [0.29, 0.717) is 17.8 Å². The zero-order valence-corrected chi connectivity index (χ0v) is 13.5. The lowest BCUT2D eigenvalue weighted by molar-refractivity contribution is 0.462. The van der Waals surface area contributed by atoms with E-state index in [0.717, 1.165) is 11.6 Å². The SMILES string of the molecule is Nc1c(NC2CCCCCC2)ncnc1NC1CCCCC1. The van der Waals surface area contributed by atoms with Crippen molar-refractivity contribution in [3.8, 4) is 0 Å². The smallest absolute Gasteiger partial charge is 0.155 e. The molecule has 0 atom stereocenters. The van der Waals surface area contributed by atoms with Crippen molar-refractivity contribution < 1.29 is 0 Å². The summed E-state index contributed by atoms with van der Waals surface area (Å²) in [5.74, 6) is 1.61. The van der Waals surface area contributed by atoms with Gasteiger partial charge in [-0.15, -0.1) is 0 Å². The molecule has 0 bridgehead atoms. The van der Waals surface area contributed by atoms with E-state index in [1.54, 1.807) is 6.33 Å². The molecule has 1 aromatic heterocycles. The van der Waals surface area contributed by atoms with Crippen molar-refractivity contribution in [2.24, 2.45) is 0 Å². The van der Waals surface area contributed by atoms with Crippen molar-refractivity contribution in [3.63, 3.8) is 0 Å². The average molecular weight is 303 g/mol. The van der Waals surface area contributed by atoms with Crippen molar-refractivity contribution in [1.29, 1.82) is 0 Å². The Morgan fingerprint density at radius 3 is 1.59 bits per heavy atom. The fourth-order valence-corrected chi connectivity index (χ4v) is 3.68. The second-order valence-electron chi connectivity index (χ2n) is 6.80. The van der Waals surface area contributed by atoms with Gasteiger partial charge in [-0.25, -0.2) is 9.97 Å². The largest absolute Gasteiger partial charge is 0.393 e. The average Bonchev–Trinajstić information content (AvgIpc) is 2.81. The molecule has 2 aliphatic rings. The number of aromatic nitrogens is 2. The van der Waals surface area contributed by atoms with Crippen LogP contribution in [0.3, 0.4) is 0 Å². The predicted octanol–water partition coefficient (Wildman–Crippen LogP) is 3.94. The fraction of sp³-hybridized carbons (Fsp3) is 0.765. The molecule has 4 N–H and O–H groups in total. The highest BCUT2D eigenvalue weighted by Crippen LogP contribution is 2.29. The monoisotopic (exact) mass is 303 g/mol. The summed E-state index contributed by atoms with van der Waals surface area (Å²) in [6.07, 6.45) is 15.8. The Labute approximate surface area is 133 Å². The minimum absolute atomic E-state index is 0.502. The van der Waals surface area contributed by atoms with E-state index in [2.05, 4.69) is 20.6 Å². The van der Waals surface area contributed by atoms with Gasteiger partial charge in [-0.1, -0.05) is 44.9 Å². The third kappa shape index (κ3) is 4.02. The molecule has 5 heteroatoms. The number of rotatable bonds is 4. The summed E-state index contributed by atoms with van der Waals surface area (Å²) in [4.78, 5) is 8.73. The van der Waals surface area contributed by atoms with Gasteiger partial charge < -0.3 is 16.4 Å². The van der Waals surface area contributed by atoms with Gasteiger partial charge in [0.15, 0.2) is 11.6 Å². The van der Waals surface area contributed by atoms with Crippen molar-refractivity contribution >= 4 is 17.3 Å². The van der Waals surface area contributed by atoms with Gasteiger partial charge in [0.05, 0.1) is 0 Å². The van der Waals surface area contributed by atoms with E-state index >= 15 is 0 Å². The normalized spacial score (nSPS) is 21.3. The molecule has 1 aromatic rings. The summed E-state index contributed by atoms with van der Waals surface area (Å²) >= 11 is 0. The number of nitrogens with two attached hydrogens (primary N) is 1. The number of anilines is 3. The topological polar surface area (TPSA) is 75.9 Å². The Bertz CT molecular complexity index is 462. The van der Waals surface area contributed by atoms with E-state index in [-0.39, 0.29) is 0 Å².